The second kappa shape index (κ2) is 15.1. The molecule has 0 N–H and O–H groups in total. The minimum atomic E-state index is -0.169. The molecule has 6 atom stereocenters. The van der Waals surface area contributed by atoms with E-state index in [2.05, 4.69) is 215 Å². The Morgan fingerprint density at radius 2 is 1.44 bits per heavy atom. The maximum absolute atomic E-state index is 5.60. The lowest BCUT2D eigenvalue weighted by Crippen LogP contribution is -2.44. The van der Waals surface area contributed by atoms with Gasteiger partial charge in [-0.1, -0.05) is 209 Å². The van der Waals surface area contributed by atoms with Crippen molar-refractivity contribution in [3.63, 3.8) is 0 Å². The van der Waals surface area contributed by atoms with Crippen molar-refractivity contribution in [3.05, 3.63) is 237 Å². The molecule has 304 valence electrons. The van der Waals surface area contributed by atoms with Gasteiger partial charge in [0.2, 0.25) is 0 Å². The molecule has 2 aliphatic heterocycles. The molecule has 0 amide bonds. The van der Waals surface area contributed by atoms with Crippen molar-refractivity contribution in [2.24, 2.45) is 28.2 Å². The first-order valence-corrected chi connectivity index (χ1v) is 23.4. The number of aromatic nitrogens is 1. The fourth-order valence-electron chi connectivity index (χ4n) is 11.4. The molecule has 4 aliphatic carbocycles. The summed E-state index contributed by atoms with van der Waals surface area (Å²) < 4.78 is 0. The third-order valence-electron chi connectivity index (χ3n) is 14.5. The summed E-state index contributed by atoms with van der Waals surface area (Å²) in [5.74, 6) is 1.41. The minimum Gasteiger partial charge on any atom is -0.252 e. The monoisotopic (exact) mass is 828 g/mol. The molecule has 0 spiro atoms. The van der Waals surface area contributed by atoms with Crippen LogP contribution in [0.15, 0.2) is 209 Å². The Balaban J connectivity index is 0.958. The van der Waals surface area contributed by atoms with Gasteiger partial charge in [-0.25, -0.2) is 4.98 Å². The van der Waals surface area contributed by atoms with Crippen LogP contribution in [0.2, 0.25) is 0 Å². The highest BCUT2D eigenvalue weighted by Gasteiger charge is 2.41. The summed E-state index contributed by atoms with van der Waals surface area (Å²) in [6.45, 7) is 7.09. The average Bonchev–Trinajstić information content (AvgIpc) is 3.75. The van der Waals surface area contributed by atoms with Crippen LogP contribution >= 0.6 is 11.8 Å². The number of rotatable bonds is 6. The lowest BCUT2D eigenvalue weighted by molar-refractivity contribution is 0.485. The lowest BCUT2D eigenvalue weighted by atomic mass is 9.61. The third kappa shape index (κ3) is 6.15. The predicted octanol–water partition coefficient (Wildman–Crippen LogP) is 13.6. The molecule has 12 rings (SSSR count). The van der Waals surface area contributed by atoms with Crippen molar-refractivity contribution in [2.75, 3.05) is 0 Å². The molecule has 3 heterocycles. The summed E-state index contributed by atoms with van der Waals surface area (Å²) in [4.78, 5) is 13.8. The van der Waals surface area contributed by atoms with Gasteiger partial charge in [-0.3, -0.25) is 4.99 Å². The summed E-state index contributed by atoms with van der Waals surface area (Å²) in [7, 11) is 0. The lowest BCUT2D eigenvalue weighted by Gasteiger charge is -2.42. The fraction of sp³-hybridized carbons (Fsp3) is 0.167. The van der Waals surface area contributed by atoms with Gasteiger partial charge in [-0.15, -0.1) is 0 Å². The largest absolute Gasteiger partial charge is 0.252 e. The van der Waals surface area contributed by atoms with Crippen LogP contribution in [0, 0.1) is 23.2 Å². The number of hydrogen-bond acceptors (Lipinski definition) is 3. The minimum absolute atomic E-state index is 0.169. The third-order valence-corrected chi connectivity index (χ3v) is 15.8. The number of fused-ring (bicyclic) bond motifs is 9. The summed E-state index contributed by atoms with van der Waals surface area (Å²) in [5.41, 5.74) is 15.6. The van der Waals surface area contributed by atoms with Crippen molar-refractivity contribution >= 4 is 50.8 Å². The van der Waals surface area contributed by atoms with Gasteiger partial charge in [0.15, 0.2) is 0 Å². The molecular formula is C60H48N2S. The summed E-state index contributed by atoms with van der Waals surface area (Å²) in [6, 6.07) is 46.7. The predicted molar refractivity (Wildman–Crippen MR) is 266 cm³/mol. The Morgan fingerprint density at radius 3 is 2.25 bits per heavy atom. The van der Waals surface area contributed by atoms with Crippen molar-refractivity contribution in [2.45, 2.75) is 43.9 Å². The van der Waals surface area contributed by atoms with Gasteiger partial charge in [0.25, 0.3) is 0 Å². The quantitative estimate of drug-likeness (QED) is 0.167. The second-order valence-electron chi connectivity index (χ2n) is 18.1. The molecule has 6 unspecified atom stereocenters. The maximum Gasteiger partial charge on any atom is 0.0759 e. The van der Waals surface area contributed by atoms with Crippen LogP contribution in [0.25, 0.3) is 44.6 Å². The number of benzene rings is 5. The standard InChI is InChI=1S/C60H48N2S/c1-4-44-48(38-17-7-5-8-18-38)35-53(39-19-9-6-10-20-39)62-57(44)40-26-28-41(29-27-40)58-56-55-37(2)16-15-25-54(55)63-59(56)49-34-42(31-33-52(49)61-58)43-30-32-51-47-22-12-11-21-45(47)46-23-13-14-24-50(46)60(51,3)36-43/h5-37,44,48,50,55H,4H2,1-3H3. The molecule has 0 saturated heterocycles. The zero-order valence-corrected chi connectivity index (χ0v) is 36.7. The van der Waals surface area contributed by atoms with E-state index < -0.39 is 0 Å². The SMILES string of the molecule is CCC1C(c2ccc(-c3nc4ccc(C5=CC6(C)C(=c7ccccc7=C7C=CC=CC76)C=C5)cc4c4c3C3C(=CC=CC3C)S4)cc2)=NC(c2ccccc2)=CC1c1ccccc1. The van der Waals surface area contributed by atoms with Crippen molar-refractivity contribution in [1.29, 1.82) is 0 Å². The smallest absolute Gasteiger partial charge is 0.0759 e. The van der Waals surface area contributed by atoms with Gasteiger partial charge in [0.05, 0.1) is 22.6 Å². The molecule has 0 radical (unpaired) electrons. The van der Waals surface area contributed by atoms with Crippen molar-refractivity contribution < 1.29 is 0 Å². The Labute approximate surface area is 374 Å². The number of aliphatic imine (C=N–C) groups is 1. The summed E-state index contributed by atoms with van der Waals surface area (Å²) in [5, 5.41) is 3.93. The van der Waals surface area contributed by atoms with Gasteiger partial charge >= 0.3 is 0 Å². The first-order chi connectivity index (χ1) is 31.0. The molecule has 3 heteroatoms. The van der Waals surface area contributed by atoms with Crippen LogP contribution in [0.4, 0.5) is 0 Å². The van der Waals surface area contributed by atoms with E-state index in [1.54, 1.807) is 0 Å². The fourth-order valence-corrected chi connectivity index (χ4v) is 12.8. The molecule has 0 saturated carbocycles. The summed E-state index contributed by atoms with van der Waals surface area (Å²) in [6.07, 6.45) is 26.7. The number of nitrogens with zero attached hydrogens (tertiary/aromatic N) is 2. The highest BCUT2D eigenvalue weighted by atomic mass is 32.2. The molecule has 6 aliphatic rings. The van der Waals surface area contributed by atoms with E-state index in [0.29, 0.717) is 5.92 Å². The topological polar surface area (TPSA) is 25.2 Å². The van der Waals surface area contributed by atoms with Gasteiger partial charge in [0, 0.05) is 50.5 Å². The number of allylic oxidation sites excluding steroid dienone is 13. The maximum atomic E-state index is 5.60. The normalized spacial score (nSPS) is 25.0. The zero-order valence-electron chi connectivity index (χ0n) is 35.9. The van der Waals surface area contributed by atoms with Gasteiger partial charge < -0.3 is 0 Å². The van der Waals surface area contributed by atoms with Crippen LogP contribution < -0.4 is 10.4 Å². The molecule has 0 fully saturated rings. The van der Waals surface area contributed by atoms with Gasteiger partial charge in [0.1, 0.15) is 0 Å². The molecule has 1 aromatic heterocycles. The Bertz CT molecular complexity index is 3270. The highest BCUT2D eigenvalue weighted by Crippen LogP contribution is 2.58. The first-order valence-electron chi connectivity index (χ1n) is 22.6. The van der Waals surface area contributed by atoms with E-state index in [4.69, 9.17) is 9.98 Å². The summed E-state index contributed by atoms with van der Waals surface area (Å²) >= 11 is 1.95. The zero-order chi connectivity index (χ0) is 42.2. The molecule has 63 heavy (non-hydrogen) atoms. The van der Waals surface area contributed by atoms with Crippen molar-refractivity contribution in [3.8, 4) is 11.3 Å². The van der Waals surface area contributed by atoms with E-state index in [1.165, 1.54) is 64.6 Å². The van der Waals surface area contributed by atoms with Gasteiger partial charge in [-0.05, 0) is 84.9 Å². The molecule has 0 bridgehead atoms. The molecule has 6 aromatic rings. The van der Waals surface area contributed by atoms with E-state index in [1.807, 2.05) is 11.8 Å². The average molecular weight is 829 g/mol. The van der Waals surface area contributed by atoms with Crippen LogP contribution in [0.3, 0.4) is 0 Å². The van der Waals surface area contributed by atoms with Crippen molar-refractivity contribution in [1.82, 2.24) is 4.98 Å². The number of thioether (sulfide) groups is 1. The molecular weight excluding hydrogens is 781 g/mol. The number of hydrogen-bond donors (Lipinski definition) is 0. The van der Waals surface area contributed by atoms with E-state index in [9.17, 15) is 0 Å². The van der Waals surface area contributed by atoms with E-state index in [-0.39, 0.29) is 29.1 Å². The van der Waals surface area contributed by atoms with E-state index in [0.717, 1.165) is 40.2 Å². The Kier molecular flexibility index (Phi) is 9.13. The van der Waals surface area contributed by atoms with Crippen LogP contribution in [-0.2, 0) is 0 Å². The Morgan fingerprint density at radius 1 is 0.698 bits per heavy atom. The second-order valence-corrected chi connectivity index (χ2v) is 19.2. The van der Waals surface area contributed by atoms with Crippen LogP contribution in [0.1, 0.15) is 66.8 Å². The van der Waals surface area contributed by atoms with Gasteiger partial charge in [-0.2, -0.15) is 0 Å². The molecule has 2 nitrogen and oxygen atoms in total. The molecule has 5 aromatic carbocycles. The van der Waals surface area contributed by atoms with E-state index >= 15 is 0 Å². The highest BCUT2D eigenvalue weighted by molar-refractivity contribution is 8.03. The Hall–Kier alpha value is -6.55. The van der Waals surface area contributed by atoms with Crippen LogP contribution in [0.5, 0.6) is 0 Å². The van der Waals surface area contributed by atoms with Crippen LogP contribution in [-0.4, -0.2) is 10.7 Å². The number of pyridine rings is 1. The first kappa shape index (κ1) is 38.2.